The Labute approximate surface area is 188 Å². The van der Waals surface area contributed by atoms with Crippen molar-refractivity contribution in [3.63, 3.8) is 0 Å². The minimum atomic E-state index is -0.898. The number of rotatable bonds is 8. The van der Waals surface area contributed by atoms with E-state index in [-0.39, 0.29) is 6.61 Å². The second-order valence-electron chi connectivity index (χ2n) is 8.25. The number of methoxy groups -OCH3 is 1. The highest BCUT2D eigenvalue weighted by Gasteiger charge is 2.17. The molecule has 0 heterocycles. The molecule has 0 aromatic heterocycles. The Morgan fingerprint density at radius 3 is 2.47 bits per heavy atom. The van der Waals surface area contributed by atoms with Crippen molar-refractivity contribution in [1.29, 1.82) is 0 Å². The number of allylic oxidation sites excluding steroid dienone is 2. The summed E-state index contributed by atoms with van der Waals surface area (Å²) < 4.78 is 5.42. The number of benzene rings is 3. The fourth-order valence-corrected chi connectivity index (χ4v) is 4.50. The summed E-state index contributed by atoms with van der Waals surface area (Å²) in [5, 5.41) is 18.7. The van der Waals surface area contributed by atoms with Gasteiger partial charge in [-0.1, -0.05) is 42.5 Å². The summed E-state index contributed by atoms with van der Waals surface area (Å²) in [5.41, 5.74) is 8.80. The maximum Gasteiger partial charge on any atom is 0.335 e. The maximum absolute atomic E-state index is 11.1. The third kappa shape index (κ3) is 4.92. The molecule has 0 saturated heterocycles. The van der Waals surface area contributed by atoms with Gasteiger partial charge in [0.25, 0.3) is 0 Å². The van der Waals surface area contributed by atoms with Crippen molar-refractivity contribution in [1.82, 2.24) is 0 Å². The van der Waals surface area contributed by atoms with E-state index in [9.17, 15) is 9.90 Å². The van der Waals surface area contributed by atoms with Crippen LogP contribution in [0.25, 0.3) is 5.57 Å². The van der Waals surface area contributed by atoms with Crippen molar-refractivity contribution < 1.29 is 19.7 Å². The topological polar surface area (TPSA) is 66.8 Å². The fourth-order valence-electron chi connectivity index (χ4n) is 4.50. The lowest BCUT2D eigenvalue weighted by atomic mass is 9.83. The molecule has 1 aliphatic rings. The minimum Gasteiger partial charge on any atom is -0.497 e. The van der Waals surface area contributed by atoms with Gasteiger partial charge in [-0.05, 0) is 95.3 Å². The van der Waals surface area contributed by atoms with Gasteiger partial charge in [0.05, 0.1) is 19.3 Å². The van der Waals surface area contributed by atoms with Gasteiger partial charge < -0.3 is 14.9 Å². The van der Waals surface area contributed by atoms with Crippen LogP contribution in [0.1, 0.15) is 50.2 Å². The average Bonchev–Trinajstić information content (AvgIpc) is 2.82. The van der Waals surface area contributed by atoms with Crippen molar-refractivity contribution in [3.8, 4) is 5.75 Å². The van der Waals surface area contributed by atoms with E-state index in [0.29, 0.717) is 5.56 Å². The number of aliphatic hydroxyl groups excluding tert-OH is 1. The van der Waals surface area contributed by atoms with Crippen molar-refractivity contribution in [3.05, 3.63) is 106 Å². The highest BCUT2D eigenvalue weighted by Crippen LogP contribution is 2.33. The van der Waals surface area contributed by atoms with Crippen LogP contribution in [0.3, 0.4) is 0 Å². The van der Waals surface area contributed by atoms with Gasteiger partial charge in [-0.25, -0.2) is 4.79 Å². The first-order chi connectivity index (χ1) is 15.6. The van der Waals surface area contributed by atoms with Gasteiger partial charge in [0.2, 0.25) is 0 Å². The van der Waals surface area contributed by atoms with E-state index in [1.165, 1.54) is 22.3 Å². The van der Waals surface area contributed by atoms with Crippen LogP contribution in [0, 0.1) is 0 Å². The molecular weight excluding hydrogens is 400 g/mol. The van der Waals surface area contributed by atoms with Crippen LogP contribution in [0.2, 0.25) is 0 Å². The van der Waals surface area contributed by atoms with E-state index in [4.69, 9.17) is 9.84 Å². The molecule has 0 bridgehead atoms. The lowest BCUT2D eigenvalue weighted by Crippen LogP contribution is -2.07. The number of carboxylic acid groups (broad SMARTS) is 1. The Bertz CT molecular complexity index is 1120. The first-order valence-electron chi connectivity index (χ1n) is 11.0. The Kier molecular flexibility index (Phi) is 6.72. The number of aliphatic hydroxyl groups is 1. The Morgan fingerprint density at radius 2 is 1.75 bits per heavy atom. The average molecular weight is 429 g/mol. The zero-order valence-corrected chi connectivity index (χ0v) is 18.3. The molecule has 0 unspecified atom stereocenters. The summed E-state index contributed by atoms with van der Waals surface area (Å²) in [6.45, 7) is -0.00818. The van der Waals surface area contributed by atoms with Gasteiger partial charge in [0.15, 0.2) is 0 Å². The van der Waals surface area contributed by atoms with Crippen LogP contribution in [0.4, 0.5) is 0 Å². The van der Waals surface area contributed by atoms with Gasteiger partial charge in [-0.15, -0.1) is 0 Å². The van der Waals surface area contributed by atoms with Gasteiger partial charge >= 0.3 is 5.97 Å². The minimum absolute atomic E-state index is 0.00818. The largest absolute Gasteiger partial charge is 0.497 e. The SMILES string of the molecule is COc1cc(CO)cc(CC2=CCCc3cccc(CCc4ccc(C(=O)O)cc4)c32)c1. The van der Waals surface area contributed by atoms with Gasteiger partial charge in [-0.3, -0.25) is 0 Å². The van der Waals surface area contributed by atoms with Gasteiger partial charge in [0.1, 0.15) is 5.75 Å². The van der Waals surface area contributed by atoms with Gasteiger partial charge in [-0.2, -0.15) is 0 Å². The van der Waals surface area contributed by atoms with Crippen molar-refractivity contribution >= 4 is 11.5 Å². The molecule has 3 aromatic rings. The lowest BCUT2D eigenvalue weighted by molar-refractivity contribution is 0.0697. The number of hydrogen-bond donors (Lipinski definition) is 2. The summed E-state index contributed by atoms with van der Waals surface area (Å²) >= 11 is 0. The maximum atomic E-state index is 11.1. The molecule has 1 aliphatic carbocycles. The molecule has 0 fully saturated rings. The zero-order chi connectivity index (χ0) is 22.5. The highest BCUT2D eigenvalue weighted by molar-refractivity contribution is 5.87. The number of carbonyl (C=O) groups is 1. The molecule has 0 atom stereocenters. The monoisotopic (exact) mass is 428 g/mol. The van der Waals surface area contributed by atoms with Crippen LogP contribution in [0.15, 0.2) is 66.7 Å². The van der Waals surface area contributed by atoms with Crippen molar-refractivity contribution in [2.45, 2.75) is 38.7 Å². The number of aromatic carboxylic acids is 1. The van der Waals surface area contributed by atoms with Crippen LogP contribution in [0.5, 0.6) is 5.75 Å². The number of ether oxygens (including phenoxy) is 1. The molecule has 4 nitrogen and oxygen atoms in total. The number of fused-ring (bicyclic) bond motifs is 1. The van der Waals surface area contributed by atoms with E-state index >= 15 is 0 Å². The van der Waals surface area contributed by atoms with Crippen molar-refractivity contribution in [2.24, 2.45) is 0 Å². The number of hydrogen-bond acceptors (Lipinski definition) is 3. The standard InChI is InChI=1S/C28H28O4/c1-32-26-16-20(14-21(17-26)18-29)15-25-7-3-5-22-4-2-6-23(27(22)25)11-8-19-9-12-24(13-10-19)28(30)31/h2,4,6-7,9-10,12-14,16-17,29H,3,5,8,11,15,18H2,1H3,(H,30,31). The Morgan fingerprint density at radius 1 is 0.969 bits per heavy atom. The van der Waals surface area contributed by atoms with Crippen LogP contribution >= 0.6 is 0 Å². The van der Waals surface area contributed by atoms with Gasteiger partial charge in [0, 0.05) is 0 Å². The predicted molar refractivity (Wildman–Crippen MR) is 126 cm³/mol. The fraction of sp³-hybridized carbons (Fsp3) is 0.250. The summed E-state index contributed by atoms with van der Waals surface area (Å²) in [6, 6.07) is 19.7. The molecule has 3 aromatic carbocycles. The zero-order valence-electron chi connectivity index (χ0n) is 18.3. The Hall–Kier alpha value is -3.37. The quantitative estimate of drug-likeness (QED) is 0.515. The smallest absolute Gasteiger partial charge is 0.335 e. The first kappa shape index (κ1) is 21.8. The lowest BCUT2D eigenvalue weighted by Gasteiger charge is -2.22. The summed E-state index contributed by atoms with van der Waals surface area (Å²) in [5.74, 6) is -0.133. The Balaban J connectivity index is 1.58. The number of aryl methyl sites for hydroxylation is 3. The molecule has 0 spiro atoms. The molecule has 0 radical (unpaired) electrons. The van der Waals surface area contributed by atoms with Crippen molar-refractivity contribution in [2.75, 3.05) is 7.11 Å². The number of carboxylic acids is 1. The van der Waals surface area contributed by atoms with E-state index in [0.717, 1.165) is 54.5 Å². The van der Waals surface area contributed by atoms with Crippen LogP contribution < -0.4 is 4.74 Å². The predicted octanol–water partition coefficient (Wildman–Crippen LogP) is 5.24. The third-order valence-corrected chi connectivity index (χ3v) is 6.09. The molecule has 2 N–H and O–H groups in total. The van der Waals surface area contributed by atoms with E-state index in [2.05, 4.69) is 24.3 Å². The molecular formula is C28H28O4. The molecule has 0 aliphatic heterocycles. The second kappa shape index (κ2) is 9.84. The molecule has 4 heteroatoms. The molecule has 4 rings (SSSR count). The summed E-state index contributed by atoms with van der Waals surface area (Å²) in [4.78, 5) is 11.1. The normalized spacial score (nSPS) is 12.8. The molecule has 0 amide bonds. The summed E-state index contributed by atoms with van der Waals surface area (Å²) in [6.07, 6.45) is 6.96. The summed E-state index contributed by atoms with van der Waals surface area (Å²) in [7, 11) is 1.65. The van der Waals surface area contributed by atoms with Crippen LogP contribution in [-0.2, 0) is 32.3 Å². The highest BCUT2D eigenvalue weighted by atomic mass is 16.5. The third-order valence-electron chi connectivity index (χ3n) is 6.09. The molecule has 0 saturated carbocycles. The van der Waals surface area contributed by atoms with E-state index in [1.807, 2.05) is 30.3 Å². The van der Waals surface area contributed by atoms with E-state index in [1.54, 1.807) is 19.2 Å². The first-order valence-corrected chi connectivity index (χ1v) is 11.0. The van der Waals surface area contributed by atoms with E-state index < -0.39 is 5.97 Å². The molecule has 32 heavy (non-hydrogen) atoms. The molecule has 164 valence electrons. The van der Waals surface area contributed by atoms with Crippen LogP contribution in [-0.4, -0.2) is 23.3 Å². The second-order valence-corrected chi connectivity index (χ2v) is 8.25.